The molecule has 0 atom stereocenters. The van der Waals surface area contributed by atoms with Crippen molar-refractivity contribution in [3.63, 3.8) is 0 Å². The Labute approximate surface area is 119 Å². The topological polar surface area (TPSA) is 55.1 Å². The Balaban J connectivity index is 2.55. The molecule has 0 unspecified atom stereocenters. The van der Waals surface area contributed by atoms with Crippen molar-refractivity contribution in [2.24, 2.45) is 5.41 Å². The molecule has 0 bridgehead atoms. The van der Waals surface area contributed by atoms with Gasteiger partial charge in [0, 0.05) is 13.0 Å². The second-order valence-electron chi connectivity index (χ2n) is 5.99. The van der Waals surface area contributed by atoms with Gasteiger partial charge in [-0.25, -0.2) is 9.78 Å². The van der Waals surface area contributed by atoms with Crippen LogP contribution < -0.4 is 0 Å². The van der Waals surface area contributed by atoms with Crippen LogP contribution in [0.25, 0.3) is 11.0 Å². The van der Waals surface area contributed by atoms with Crippen molar-refractivity contribution in [1.29, 1.82) is 0 Å². The van der Waals surface area contributed by atoms with Crippen LogP contribution in [0.2, 0.25) is 0 Å². The number of fused-ring (bicyclic) bond motifs is 1. The summed E-state index contributed by atoms with van der Waals surface area (Å²) in [5, 5.41) is 9.07. The number of carboxylic acids is 1. The lowest BCUT2D eigenvalue weighted by Crippen LogP contribution is -2.20. The van der Waals surface area contributed by atoms with Crippen LogP contribution in [-0.4, -0.2) is 20.6 Å². The van der Waals surface area contributed by atoms with E-state index >= 15 is 0 Å². The Morgan fingerprint density at radius 1 is 1.35 bits per heavy atom. The molecule has 0 amide bonds. The van der Waals surface area contributed by atoms with Gasteiger partial charge in [0.1, 0.15) is 5.82 Å². The summed E-state index contributed by atoms with van der Waals surface area (Å²) in [5.41, 5.74) is 2.28. The highest BCUT2D eigenvalue weighted by Crippen LogP contribution is 2.27. The highest BCUT2D eigenvalue weighted by molar-refractivity contribution is 5.92. The van der Waals surface area contributed by atoms with Crippen LogP contribution in [0.1, 0.15) is 50.3 Å². The van der Waals surface area contributed by atoms with Gasteiger partial charge in [-0.15, -0.1) is 0 Å². The first-order chi connectivity index (χ1) is 9.38. The minimum absolute atomic E-state index is 0.197. The molecule has 20 heavy (non-hydrogen) atoms. The highest BCUT2D eigenvalue weighted by atomic mass is 16.4. The van der Waals surface area contributed by atoms with Gasteiger partial charge in [0.05, 0.1) is 16.6 Å². The fourth-order valence-electron chi connectivity index (χ4n) is 2.30. The van der Waals surface area contributed by atoms with E-state index < -0.39 is 5.97 Å². The number of benzene rings is 1. The summed E-state index contributed by atoms with van der Waals surface area (Å²) in [4.78, 5) is 15.6. The van der Waals surface area contributed by atoms with E-state index in [1.54, 1.807) is 12.1 Å². The van der Waals surface area contributed by atoms with Gasteiger partial charge in [0.25, 0.3) is 0 Å². The molecular formula is C16H22N2O2. The molecule has 0 aliphatic rings. The zero-order valence-electron chi connectivity index (χ0n) is 12.6. The molecule has 1 aromatic heterocycles. The summed E-state index contributed by atoms with van der Waals surface area (Å²) in [5.74, 6) is 0.109. The number of aromatic carboxylic acids is 1. The Hall–Kier alpha value is -1.84. The number of aryl methyl sites for hydroxylation is 1. The molecule has 0 aliphatic heterocycles. The highest BCUT2D eigenvalue weighted by Gasteiger charge is 2.20. The molecule has 108 valence electrons. The summed E-state index contributed by atoms with van der Waals surface area (Å²) in [7, 11) is 0. The molecule has 1 heterocycles. The normalized spacial score (nSPS) is 12.0. The Morgan fingerprint density at radius 3 is 2.60 bits per heavy atom. The molecular weight excluding hydrogens is 252 g/mol. The molecule has 2 rings (SSSR count). The maximum Gasteiger partial charge on any atom is 0.335 e. The standard InChI is InChI=1S/C16H22N2O2/c1-5-14-17-12-9-11(15(19)20)7-8-13(12)18(14)10-16(3,4)6-2/h7-9H,5-6,10H2,1-4H3,(H,19,20). The molecule has 1 N–H and O–H groups in total. The molecule has 0 saturated carbocycles. The van der Waals surface area contributed by atoms with E-state index in [1.165, 1.54) is 0 Å². The lowest BCUT2D eigenvalue weighted by Gasteiger charge is -2.24. The van der Waals surface area contributed by atoms with Crippen LogP contribution >= 0.6 is 0 Å². The average molecular weight is 274 g/mol. The summed E-state index contributed by atoms with van der Waals surface area (Å²) in [6.45, 7) is 9.64. The minimum Gasteiger partial charge on any atom is -0.478 e. The van der Waals surface area contributed by atoms with Gasteiger partial charge >= 0.3 is 5.97 Å². The second-order valence-corrected chi connectivity index (χ2v) is 5.99. The Bertz CT molecular complexity index is 641. The van der Waals surface area contributed by atoms with Crippen LogP contribution in [0.5, 0.6) is 0 Å². The maximum absolute atomic E-state index is 11.0. The monoisotopic (exact) mass is 274 g/mol. The van der Waals surface area contributed by atoms with Crippen molar-refractivity contribution in [3.05, 3.63) is 29.6 Å². The maximum atomic E-state index is 11.0. The molecule has 0 radical (unpaired) electrons. The van der Waals surface area contributed by atoms with Gasteiger partial charge in [-0.2, -0.15) is 0 Å². The van der Waals surface area contributed by atoms with E-state index in [2.05, 4.69) is 37.2 Å². The van der Waals surface area contributed by atoms with E-state index in [9.17, 15) is 4.79 Å². The molecule has 0 aliphatic carbocycles. The number of hydrogen-bond donors (Lipinski definition) is 1. The molecule has 4 heteroatoms. The van der Waals surface area contributed by atoms with Gasteiger partial charge in [-0.3, -0.25) is 0 Å². The van der Waals surface area contributed by atoms with Crippen molar-refractivity contribution in [2.75, 3.05) is 0 Å². The largest absolute Gasteiger partial charge is 0.478 e. The van der Waals surface area contributed by atoms with Gasteiger partial charge in [0.2, 0.25) is 0 Å². The zero-order chi connectivity index (χ0) is 14.9. The third-order valence-electron chi connectivity index (χ3n) is 3.93. The number of aromatic nitrogens is 2. The zero-order valence-corrected chi connectivity index (χ0v) is 12.6. The van der Waals surface area contributed by atoms with Crippen molar-refractivity contribution < 1.29 is 9.90 Å². The minimum atomic E-state index is -0.909. The quantitative estimate of drug-likeness (QED) is 0.903. The van der Waals surface area contributed by atoms with Crippen molar-refractivity contribution in [1.82, 2.24) is 9.55 Å². The molecule has 0 spiro atoms. The van der Waals surface area contributed by atoms with Gasteiger partial charge in [-0.05, 0) is 30.0 Å². The summed E-state index contributed by atoms with van der Waals surface area (Å²) in [6, 6.07) is 5.18. The summed E-state index contributed by atoms with van der Waals surface area (Å²) >= 11 is 0. The SMILES string of the molecule is CCc1nc2cc(C(=O)O)ccc2n1CC(C)(C)CC. The number of imidazole rings is 1. The first-order valence-corrected chi connectivity index (χ1v) is 7.10. The van der Waals surface area contributed by atoms with E-state index in [0.717, 1.165) is 36.2 Å². The lowest BCUT2D eigenvalue weighted by atomic mass is 9.90. The van der Waals surface area contributed by atoms with E-state index in [1.807, 2.05) is 6.07 Å². The molecule has 1 aromatic carbocycles. The molecule has 0 fully saturated rings. The Kier molecular flexibility index (Phi) is 3.84. The van der Waals surface area contributed by atoms with Crippen LogP contribution in [0.3, 0.4) is 0 Å². The smallest absolute Gasteiger partial charge is 0.335 e. The van der Waals surface area contributed by atoms with E-state index in [4.69, 9.17) is 5.11 Å². The van der Waals surface area contributed by atoms with Crippen molar-refractivity contribution in [3.8, 4) is 0 Å². The number of nitrogens with zero attached hydrogens (tertiary/aromatic N) is 2. The number of hydrogen-bond acceptors (Lipinski definition) is 2. The third kappa shape index (κ3) is 2.69. The summed E-state index contributed by atoms with van der Waals surface area (Å²) in [6.07, 6.45) is 1.93. The third-order valence-corrected chi connectivity index (χ3v) is 3.93. The van der Waals surface area contributed by atoms with E-state index in [-0.39, 0.29) is 5.41 Å². The first-order valence-electron chi connectivity index (χ1n) is 7.10. The lowest BCUT2D eigenvalue weighted by molar-refractivity contribution is 0.0697. The van der Waals surface area contributed by atoms with Crippen LogP contribution in [0, 0.1) is 5.41 Å². The van der Waals surface area contributed by atoms with Gasteiger partial charge < -0.3 is 9.67 Å². The fraction of sp³-hybridized carbons (Fsp3) is 0.500. The van der Waals surface area contributed by atoms with Gasteiger partial charge in [-0.1, -0.05) is 27.7 Å². The fourth-order valence-corrected chi connectivity index (χ4v) is 2.30. The number of carbonyl (C=O) groups is 1. The van der Waals surface area contributed by atoms with Crippen molar-refractivity contribution in [2.45, 2.75) is 47.1 Å². The van der Waals surface area contributed by atoms with Crippen LogP contribution in [0.15, 0.2) is 18.2 Å². The van der Waals surface area contributed by atoms with Gasteiger partial charge in [0.15, 0.2) is 0 Å². The van der Waals surface area contributed by atoms with Crippen LogP contribution in [-0.2, 0) is 13.0 Å². The average Bonchev–Trinajstić information content (AvgIpc) is 2.75. The molecule has 0 saturated heterocycles. The number of carboxylic acid groups (broad SMARTS) is 1. The Morgan fingerprint density at radius 2 is 2.05 bits per heavy atom. The molecule has 4 nitrogen and oxygen atoms in total. The molecule has 2 aromatic rings. The predicted molar refractivity (Wildman–Crippen MR) is 80.1 cm³/mol. The van der Waals surface area contributed by atoms with Crippen LogP contribution in [0.4, 0.5) is 0 Å². The number of rotatable bonds is 5. The first kappa shape index (κ1) is 14.6. The summed E-state index contributed by atoms with van der Waals surface area (Å²) < 4.78 is 2.23. The van der Waals surface area contributed by atoms with E-state index in [0.29, 0.717) is 5.56 Å². The second kappa shape index (κ2) is 5.27. The predicted octanol–water partition coefficient (Wildman–Crippen LogP) is 3.73. The van der Waals surface area contributed by atoms with Crippen molar-refractivity contribution >= 4 is 17.0 Å².